The minimum absolute atomic E-state index is 0.0316. The van der Waals surface area contributed by atoms with Gasteiger partial charge in [-0.05, 0) is 93.6 Å². The summed E-state index contributed by atoms with van der Waals surface area (Å²) in [4.78, 5) is 14.9. The van der Waals surface area contributed by atoms with E-state index in [1.165, 1.54) is 4.57 Å². The highest BCUT2D eigenvalue weighted by atomic mass is 16.3. The lowest BCUT2D eigenvalue weighted by atomic mass is 9.98. The zero-order valence-corrected chi connectivity index (χ0v) is 37.8. The highest BCUT2D eigenvalue weighted by Gasteiger charge is 2.21. The quantitative estimate of drug-likeness (QED) is 0.159. The first-order valence-electron chi connectivity index (χ1n) is 32.1. The smallest absolute Gasteiger partial charge is 0.166 e. The van der Waals surface area contributed by atoms with Gasteiger partial charge in [-0.15, -0.1) is 0 Å². The van der Waals surface area contributed by atoms with Gasteiger partial charge in [0.05, 0.1) is 41.4 Å². The van der Waals surface area contributed by atoms with E-state index in [2.05, 4.69) is 6.07 Å². The first kappa shape index (κ1) is 26.9. The van der Waals surface area contributed by atoms with E-state index in [1.54, 1.807) is 42.5 Å². The van der Waals surface area contributed by atoms with Crippen molar-refractivity contribution in [2.45, 2.75) is 0 Å². The molecule has 0 amide bonds. The Morgan fingerprint density at radius 1 is 0.342 bits per heavy atom. The lowest BCUT2D eigenvalue weighted by Crippen LogP contribution is -2.03. The summed E-state index contributed by atoms with van der Waals surface area (Å²) in [7, 11) is 0. The highest BCUT2D eigenvalue weighted by molar-refractivity contribution is 6.14. The van der Waals surface area contributed by atoms with Gasteiger partial charge in [0.2, 0.25) is 0 Å². The molecule has 0 aliphatic heterocycles. The van der Waals surface area contributed by atoms with E-state index in [0.29, 0.717) is 27.9 Å². The Morgan fingerprint density at radius 2 is 0.932 bits per heavy atom. The molecule has 0 saturated heterocycles. The van der Waals surface area contributed by atoms with Crippen LogP contribution in [0.15, 0.2) is 251 Å². The van der Waals surface area contributed by atoms with Gasteiger partial charge in [-0.2, -0.15) is 0 Å². The van der Waals surface area contributed by atoms with Gasteiger partial charge < -0.3 is 13.4 Å². The molecule has 0 spiro atoms. The maximum atomic E-state index is 9.83. The van der Waals surface area contributed by atoms with Crippen molar-refractivity contribution in [2.24, 2.45) is 0 Å². The topological polar surface area (TPSA) is 69.9 Å². The van der Waals surface area contributed by atoms with Gasteiger partial charge >= 0.3 is 0 Å². The maximum Gasteiger partial charge on any atom is 0.166 e. The molecule has 15 rings (SSSR count). The summed E-state index contributed by atoms with van der Waals surface area (Å²) in [5.74, 6) is -0.634. The van der Waals surface area contributed by atoms with Crippen LogP contribution in [0.1, 0.15) is 24.7 Å². The zero-order chi connectivity index (χ0) is 63.6. The van der Waals surface area contributed by atoms with Crippen molar-refractivity contribution in [1.29, 1.82) is 0 Å². The lowest BCUT2D eigenvalue weighted by Gasteiger charge is -2.15. The molecule has 0 unspecified atom stereocenters. The molecule has 0 saturated carbocycles. The molecule has 0 N–H and O–H groups in total. The minimum atomic E-state index is -0.790. The van der Waals surface area contributed by atoms with E-state index in [1.807, 2.05) is 78.9 Å². The third-order valence-electron chi connectivity index (χ3n) is 13.1. The summed E-state index contributed by atoms with van der Waals surface area (Å²) < 4.78 is 177. The van der Waals surface area contributed by atoms with Crippen molar-refractivity contribution in [3.63, 3.8) is 0 Å². The molecule has 73 heavy (non-hydrogen) atoms. The number of fused-ring (bicyclic) bond motifs is 10. The van der Waals surface area contributed by atoms with Crippen molar-refractivity contribution >= 4 is 76.5 Å². The fourth-order valence-corrected chi connectivity index (χ4v) is 9.78. The fourth-order valence-electron chi connectivity index (χ4n) is 9.78. The van der Waals surface area contributed by atoms with E-state index >= 15 is 0 Å². The molecule has 0 fully saturated rings. The first-order valence-corrected chi connectivity index (χ1v) is 23.1. The van der Waals surface area contributed by atoms with Crippen molar-refractivity contribution in [3.8, 4) is 73.2 Å². The molecule has 0 aliphatic rings. The monoisotopic (exact) mass is 950 g/mol. The van der Waals surface area contributed by atoms with Crippen LogP contribution in [0.4, 0.5) is 0 Å². The number of rotatable bonds is 7. The van der Waals surface area contributed by atoms with Crippen LogP contribution in [-0.2, 0) is 0 Å². The Bertz CT molecular complexity index is 5770. The van der Waals surface area contributed by atoms with Gasteiger partial charge in [-0.1, -0.05) is 182 Å². The number of furan rings is 2. The molecule has 0 atom stereocenters. The molecule has 11 aromatic carbocycles. The molecular weight excluding hydrogens is 893 g/mol. The molecule has 0 aliphatic carbocycles. The molecule has 340 valence electrons. The van der Waals surface area contributed by atoms with Crippen molar-refractivity contribution in [2.75, 3.05) is 0 Å². The van der Waals surface area contributed by atoms with E-state index in [9.17, 15) is 11.0 Å². The SMILES string of the molecule is [2H]c1cc([2H])c2c(c1[2H])c1c([2H])c([2H])c([2H])c([2H])c1n2-c1ccccc1-c1nc(-c2cccc(-c3cccc4c3oc3ccc(-c5cccc6c5oc5ccccc56)cc34)c2)nc(-c2c([2H])c([2H])c3c([2H])c(-c4c([2H])c([2H])c([2H])c([2H])c4[2H])c([2H])c([2H])c3c2[2H])n1. The molecule has 0 radical (unpaired) electrons. The van der Waals surface area contributed by atoms with Crippen LogP contribution in [0.5, 0.6) is 0 Å². The van der Waals surface area contributed by atoms with Crippen LogP contribution in [0.25, 0.3) is 150 Å². The lowest BCUT2D eigenvalue weighted by molar-refractivity contribution is 0.669. The molecule has 6 nitrogen and oxygen atoms in total. The number of para-hydroxylation sites is 6. The van der Waals surface area contributed by atoms with Crippen LogP contribution in [-0.4, -0.2) is 19.5 Å². The van der Waals surface area contributed by atoms with Crippen LogP contribution in [0, 0.1) is 0 Å². The fraction of sp³-hybridized carbons (Fsp3) is 0. The van der Waals surface area contributed by atoms with Gasteiger partial charge in [0, 0.05) is 60.1 Å². The number of benzene rings is 11. The van der Waals surface area contributed by atoms with Crippen LogP contribution >= 0.6 is 0 Å². The molecule has 4 aromatic heterocycles. The van der Waals surface area contributed by atoms with Crippen molar-refractivity contribution in [1.82, 2.24) is 19.5 Å². The van der Waals surface area contributed by atoms with Crippen LogP contribution < -0.4 is 0 Å². The van der Waals surface area contributed by atoms with E-state index in [4.69, 9.17) is 37.5 Å². The number of hydrogen-bond acceptors (Lipinski definition) is 5. The van der Waals surface area contributed by atoms with Crippen molar-refractivity contribution < 1.29 is 33.5 Å². The largest absolute Gasteiger partial charge is 0.455 e. The summed E-state index contributed by atoms with van der Waals surface area (Å²) >= 11 is 0. The second-order valence-electron chi connectivity index (χ2n) is 17.3. The standard InChI is InChI=1S/C67H40N4O2/c1-2-15-41(16-3-1)42-31-32-44-38-48(34-33-43(44)37-42)66-68-65(69-67(70-66)56-22-6-10-29-60(56)71-58-27-8-4-19-51(58)52-20-5-9-28-59(52)71)47-18-12-17-45(39-47)49-23-14-26-55-57-40-46(35-36-62(57)73-64(49)55)50-24-13-25-54-53-21-7-11-30-61(53)72-63(50)54/h1-40H/i1D,2D,3D,4D,5D,8D,15D,16D,19D,20D,27D,28D,31D,32D,33D,34D,37D,38D. The summed E-state index contributed by atoms with van der Waals surface area (Å²) in [6.45, 7) is 0. The molecular formula is C67H40N4O2. The Morgan fingerprint density at radius 3 is 1.77 bits per heavy atom. The van der Waals surface area contributed by atoms with E-state index in [0.717, 1.165) is 49.9 Å². The summed E-state index contributed by atoms with van der Waals surface area (Å²) in [5.41, 5.74) is 4.74. The Balaban J connectivity index is 0.960. The molecule has 0 bridgehead atoms. The van der Waals surface area contributed by atoms with E-state index in [-0.39, 0.29) is 56.8 Å². The first-order chi connectivity index (χ1) is 43.7. The normalized spacial score (nSPS) is 15.3. The number of aromatic nitrogens is 4. The molecule has 15 aromatic rings. The van der Waals surface area contributed by atoms with Gasteiger partial charge in [0.15, 0.2) is 17.5 Å². The van der Waals surface area contributed by atoms with E-state index < -0.39 is 130 Å². The Hall–Kier alpha value is -9.91. The summed E-state index contributed by atoms with van der Waals surface area (Å²) in [6.07, 6.45) is 0. The van der Waals surface area contributed by atoms with Crippen LogP contribution in [0.3, 0.4) is 0 Å². The van der Waals surface area contributed by atoms with Crippen molar-refractivity contribution in [3.05, 3.63) is 242 Å². The Labute approximate surface area is 444 Å². The predicted octanol–water partition coefficient (Wildman–Crippen LogP) is 17.9. The van der Waals surface area contributed by atoms with Crippen LogP contribution in [0.2, 0.25) is 0 Å². The zero-order valence-electron chi connectivity index (χ0n) is 55.8. The number of hydrogen-bond donors (Lipinski definition) is 0. The van der Waals surface area contributed by atoms with Gasteiger partial charge in [-0.3, -0.25) is 0 Å². The predicted molar refractivity (Wildman–Crippen MR) is 299 cm³/mol. The third-order valence-corrected chi connectivity index (χ3v) is 13.1. The summed E-state index contributed by atoms with van der Waals surface area (Å²) in [5, 5.41) is 2.51. The number of nitrogens with zero attached hydrogens (tertiary/aromatic N) is 4. The average Bonchev–Trinajstić information content (AvgIpc) is 1.73. The second kappa shape index (κ2) is 16.3. The summed E-state index contributed by atoms with van der Waals surface area (Å²) in [6, 6.07) is 29.0. The minimum Gasteiger partial charge on any atom is -0.455 e. The average molecular weight is 951 g/mol. The van der Waals surface area contributed by atoms with Gasteiger partial charge in [0.1, 0.15) is 22.3 Å². The highest BCUT2D eigenvalue weighted by Crippen LogP contribution is 2.42. The van der Waals surface area contributed by atoms with Gasteiger partial charge in [0.25, 0.3) is 0 Å². The maximum absolute atomic E-state index is 9.83. The van der Waals surface area contributed by atoms with Gasteiger partial charge in [-0.25, -0.2) is 15.0 Å². The Kier molecular flexibility index (Phi) is 6.02. The molecule has 4 heterocycles. The molecule has 6 heteroatoms. The second-order valence-corrected chi connectivity index (χ2v) is 17.3. The third kappa shape index (κ3) is 6.69.